The molecule has 5 nitrogen and oxygen atoms in total. The first-order chi connectivity index (χ1) is 11.5. The quantitative estimate of drug-likeness (QED) is 0.440. The Labute approximate surface area is 151 Å². The number of rotatable bonds is 7. The van der Waals surface area contributed by atoms with E-state index in [2.05, 4.69) is 26.1 Å². The molecule has 0 aromatic carbocycles. The van der Waals surface area contributed by atoms with Gasteiger partial charge in [0.25, 0.3) is 0 Å². The lowest BCUT2D eigenvalue weighted by atomic mass is 9.98. The van der Waals surface area contributed by atoms with Crippen LogP contribution in [0.5, 0.6) is 0 Å². The van der Waals surface area contributed by atoms with Gasteiger partial charge in [0.2, 0.25) is 0 Å². The summed E-state index contributed by atoms with van der Waals surface area (Å²) in [5, 5.41) is 13.2. The summed E-state index contributed by atoms with van der Waals surface area (Å²) in [4.78, 5) is 10.9. The van der Waals surface area contributed by atoms with Gasteiger partial charge >= 0.3 is 0 Å². The highest BCUT2D eigenvalue weighted by molar-refractivity contribution is 7.99. The number of aliphatic hydroxyl groups is 1. The van der Waals surface area contributed by atoms with Crippen molar-refractivity contribution in [2.75, 3.05) is 24.2 Å². The van der Waals surface area contributed by atoms with Gasteiger partial charge in [0.1, 0.15) is 5.82 Å². The molecule has 132 valence electrons. The largest absolute Gasteiger partial charge is 0.396 e. The predicted molar refractivity (Wildman–Crippen MR) is 101 cm³/mol. The van der Waals surface area contributed by atoms with Crippen molar-refractivity contribution in [2.45, 2.75) is 57.4 Å². The van der Waals surface area contributed by atoms with Crippen LogP contribution in [0.2, 0.25) is 0 Å². The third-order valence-corrected chi connectivity index (χ3v) is 6.23. The van der Waals surface area contributed by atoms with Gasteiger partial charge in [-0.25, -0.2) is 9.97 Å². The van der Waals surface area contributed by atoms with Crippen LogP contribution in [0.25, 0.3) is 10.2 Å². The van der Waals surface area contributed by atoms with Crippen LogP contribution in [-0.4, -0.2) is 39.6 Å². The zero-order chi connectivity index (χ0) is 17.2. The fraction of sp³-hybridized carbons (Fsp3) is 0.647. The van der Waals surface area contributed by atoms with Gasteiger partial charge in [0.15, 0.2) is 5.16 Å². The Kier molecular flexibility index (Phi) is 5.64. The van der Waals surface area contributed by atoms with E-state index in [9.17, 15) is 0 Å². The molecule has 0 saturated heterocycles. The Morgan fingerprint density at radius 1 is 1.38 bits per heavy atom. The van der Waals surface area contributed by atoms with Gasteiger partial charge in [-0.3, -0.25) is 0 Å². The molecular weight excluding hydrogens is 342 g/mol. The summed E-state index contributed by atoms with van der Waals surface area (Å²) < 4.78 is 7.11. The van der Waals surface area contributed by atoms with Crippen LogP contribution in [0.1, 0.15) is 44.1 Å². The minimum Gasteiger partial charge on any atom is -0.396 e. The number of thioether (sulfide) groups is 1. The highest BCUT2D eigenvalue weighted by Gasteiger charge is 2.30. The van der Waals surface area contributed by atoms with Gasteiger partial charge in [-0.1, -0.05) is 18.7 Å². The molecule has 7 heteroatoms. The lowest BCUT2D eigenvalue weighted by Gasteiger charge is -2.29. The summed E-state index contributed by atoms with van der Waals surface area (Å²) in [7, 11) is 0. The van der Waals surface area contributed by atoms with Crippen molar-refractivity contribution < 1.29 is 9.84 Å². The Bertz CT molecular complexity index is 715. The molecular formula is C17H25N3O2S2. The van der Waals surface area contributed by atoms with Crippen molar-refractivity contribution in [3.63, 3.8) is 0 Å². The number of hydrogen-bond donors (Lipinski definition) is 2. The molecule has 24 heavy (non-hydrogen) atoms. The zero-order valence-electron chi connectivity index (χ0n) is 14.5. The molecule has 0 spiro atoms. The van der Waals surface area contributed by atoms with Crippen LogP contribution in [0.4, 0.5) is 5.82 Å². The molecule has 2 N–H and O–H groups in total. The standard InChI is InChI=1S/C17H25N3O2S2/c1-4-8-23-16-19-13-11-10-22-17(2,3)9-12(11)24-14(13)15(20-16)18-6-5-7-21/h21H,4-10H2,1-3H3,(H,18,19,20). The Morgan fingerprint density at radius 3 is 2.96 bits per heavy atom. The molecule has 3 rings (SSSR count). The second kappa shape index (κ2) is 7.56. The minimum atomic E-state index is -0.119. The Hall–Kier alpha value is -0.890. The summed E-state index contributed by atoms with van der Waals surface area (Å²) in [6.45, 7) is 7.94. The van der Waals surface area contributed by atoms with Crippen LogP contribution in [-0.2, 0) is 17.8 Å². The molecule has 0 aliphatic carbocycles. The normalized spacial score (nSPS) is 16.3. The number of aromatic nitrogens is 2. The van der Waals surface area contributed by atoms with Gasteiger partial charge in [-0.2, -0.15) is 0 Å². The van der Waals surface area contributed by atoms with E-state index in [0.29, 0.717) is 19.6 Å². The third-order valence-electron chi connectivity index (χ3n) is 3.95. The highest BCUT2D eigenvalue weighted by atomic mass is 32.2. The lowest BCUT2D eigenvalue weighted by Crippen LogP contribution is -2.30. The molecule has 0 radical (unpaired) electrons. The second-order valence-electron chi connectivity index (χ2n) is 6.61. The van der Waals surface area contributed by atoms with Gasteiger partial charge in [-0.05, 0) is 26.7 Å². The summed E-state index contributed by atoms with van der Waals surface area (Å²) in [5.41, 5.74) is 2.14. The Morgan fingerprint density at radius 2 is 2.21 bits per heavy atom. The van der Waals surface area contributed by atoms with Crippen LogP contribution in [0, 0.1) is 0 Å². The number of nitrogens with zero attached hydrogens (tertiary/aromatic N) is 2. The van der Waals surface area contributed by atoms with E-state index in [1.54, 1.807) is 23.1 Å². The zero-order valence-corrected chi connectivity index (χ0v) is 16.1. The van der Waals surface area contributed by atoms with Gasteiger partial charge in [0, 0.05) is 35.8 Å². The number of aliphatic hydroxyl groups excluding tert-OH is 1. The van der Waals surface area contributed by atoms with Crippen molar-refractivity contribution in [1.29, 1.82) is 0 Å². The first-order valence-electron chi connectivity index (χ1n) is 8.48. The maximum absolute atomic E-state index is 9.03. The Balaban J connectivity index is 2.01. The van der Waals surface area contributed by atoms with Gasteiger partial charge in [-0.15, -0.1) is 11.3 Å². The summed E-state index contributed by atoms with van der Waals surface area (Å²) in [5.74, 6) is 1.90. The van der Waals surface area contributed by atoms with E-state index in [1.807, 2.05) is 0 Å². The minimum absolute atomic E-state index is 0.119. The average molecular weight is 368 g/mol. The number of fused-ring (bicyclic) bond motifs is 3. The van der Waals surface area contributed by atoms with E-state index in [-0.39, 0.29) is 12.2 Å². The number of nitrogens with one attached hydrogen (secondary N) is 1. The monoisotopic (exact) mass is 367 g/mol. The van der Waals surface area contributed by atoms with E-state index in [0.717, 1.165) is 39.8 Å². The smallest absolute Gasteiger partial charge is 0.190 e. The van der Waals surface area contributed by atoms with Gasteiger partial charge in [0.05, 0.1) is 22.4 Å². The molecule has 0 atom stereocenters. The summed E-state index contributed by atoms with van der Waals surface area (Å²) >= 11 is 3.47. The third kappa shape index (κ3) is 3.85. The SMILES string of the molecule is CCCSc1nc(NCCCO)c2sc3c(c2n1)COC(C)(C)C3. The molecule has 1 aliphatic rings. The average Bonchev–Trinajstić information content (AvgIpc) is 2.89. The van der Waals surface area contributed by atoms with E-state index in [1.165, 1.54) is 10.4 Å². The number of anilines is 1. The highest BCUT2D eigenvalue weighted by Crippen LogP contribution is 2.41. The maximum Gasteiger partial charge on any atom is 0.190 e. The van der Waals surface area contributed by atoms with Crippen LogP contribution in [0.3, 0.4) is 0 Å². The van der Waals surface area contributed by atoms with E-state index in [4.69, 9.17) is 19.8 Å². The molecule has 0 saturated carbocycles. The lowest BCUT2D eigenvalue weighted by molar-refractivity contribution is -0.0383. The second-order valence-corrected chi connectivity index (χ2v) is 8.78. The van der Waals surface area contributed by atoms with Crippen LogP contribution < -0.4 is 5.32 Å². The first kappa shape index (κ1) is 17.9. The summed E-state index contributed by atoms with van der Waals surface area (Å²) in [6.07, 6.45) is 2.72. The molecule has 2 aromatic heterocycles. The maximum atomic E-state index is 9.03. The molecule has 0 amide bonds. The number of thiophene rings is 1. The van der Waals surface area contributed by atoms with Crippen LogP contribution >= 0.6 is 23.1 Å². The fourth-order valence-corrected chi connectivity index (χ4v) is 4.83. The number of ether oxygens (including phenoxy) is 1. The molecule has 2 aromatic rings. The van der Waals surface area contributed by atoms with Crippen LogP contribution in [0.15, 0.2) is 5.16 Å². The molecule has 1 aliphatic heterocycles. The fourth-order valence-electron chi connectivity index (χ4n) is 2.71. The van der Waals surface area contributed by atoms with Crippen molar-refractivity contribution in [1.82, 2.24) is 9.97 Å². The summed E-state index contributed by atoms with van der Waals surface area (Å²) in [6, 6.07) is 0. The van der Waals surface area contributed by atoms with Crippen molar-refractivity contribution in [3.8, 4) is 0 Å². The van der Waals surface area contributed by atoms with E-state index >= 15 is 0 Å². The van der Waals surface area contributed by atoms with Crippen molar-refractivity contribution >= 4 is 39.1 Å². The molecule has 0 fully saturated rings. The topological polar surface area (TPSA) is 67.3 Å². The van der Waals surface area contributed by atoms with Crippen molar-refractivity contribution in [2.24, 2.45) is 0 Å². The van der Waals surface area contributed by atoms with E-state index < -0.39 is 0 Å². The first-order valence-corrected chi connectivity index (χ1v) is 10.3. The van der Waals surface area contributed by atoms with Crippen molar-refractivity contribution in [3.05, 3.63) is 10.4 Å². The number of hydrogen-bond acceptors (Lipinski definition) is 7. The molecule has 0 unspecified atom stereocenters. The predicted octanol–water partition coefficient (Wildman–Crippen LogP) is 3.84. The molecule has 0 bridgehead atoms. The molecule has 3 heterocycles. The van der Waals surface area contributed by atoms with Gasteiger partial charge < -0.3 is 15.2 Å².